The quantitative estimate of drug-likeness (QED) is 0.365. The number of aliphatic hydroxyl groups is 1. The number of ketones is 2. The highest BCUT2D eigenvalue weighted by Gasteiger charge is 2.59. The van der Waals surface area contributed by atoms with Crippen LogP contribution < -0.4 is 0 Å². The summed E-state index contributed by atoms with van der Waals surface area (Å²) in [5.41, 5.74) is -1.48. The van der Waals surface area contributed by atoms with Crippen molar-refractivity contribution in [3.8, 4) is 17.2 Å². The van der Waals surface area contributed by atoms with Crippen molar-refractivity contribution < 1.29 is 30.0 Å². The van der Waals surface area contributed by atoms with Crippen molar-refractivity contribution in [1.29, 1.82) is 0 Å². The van der Waals surface area contributed by atoms with Crippen LogP contribution in [0.25, 0.3) is 0 Å². The summed E-state index contributed by atoms with van der Waals surface area (Å²) in [6.07, 6.45) is 2.14. The highest BCUT2D eigenvalue weighted by atomic mass is 16.3. The smallest absolute Gasteiger partial charge is 0.233 e. The van der Waals surface area contributed by atoms with Gasteiger partial charge in [0.15, 0.2) is 11.5 Å². The number of rotatable bonds is 2. The fraction of sp³-hybridized carbons (Fsp3) is 0.600. The van der Waals surface area contributed by atoms with Crippen LogP contribution in [0.3, 0.4) is 0 Å². The van der Waals surface area contributed by atoms with Gasteiger partial charge in [0.2, 0.25) is 11.6 Å². The van der Waals surface area contributed by atoms with Crippen molar-refractivity contribution in [2.45, 2.75) is 58.3 Å². The first kappa shape index (κ1) is 18.7. The number of hydrogen-bond donors (Lipinski definition) is 4. The Morgan fingerprint density at radius 1 is 1.04 bits per heavy atom. The van der Waals surface area contributed by atoms with Gasteiger partial charge >= 0.3 is 0 Å². The molecule has 2 aliphatic carbocycles. The summed E-state index contributed by atoms with van der Waals surface area (Å²) in [6.45, 7) is 6.84. The number of benzene rings is 1. The zero-order valence-corrected chi connectivity index (χ0v) is 15.6. The molecule has 6 nitrogen and oxygen atoms in total. The molecule has 0 saturated heterocycles. The van der Waals surface area contributed by atoms with Crippen LogP contribution in [0.2, 0.25) is 0 Å². The summed E-state index contributed by atoms with van der Waals surface area (Å²) in [5.74, 6) is -4.26. The molecule has 0 bridgehead atoms. The van der Waals surface area contributed by atoms with Gasteiger partial charge in [0.1, 0.15) is 5.75 Å². The minimum Gasteiger partial charge on any atom is -0.507 e. The normalized spacial score (nSPS) is 28.4. The first-order valence-electron chi connectivity index (χ1n) is 8.99. The van der Waals surface area contributed by atoms with Crippen LogP contribution >= 0.6 is 0 Å². The standard InChI is InChI=1S/C20H26O6/c1-9(8-21)10-13(22)11-12(16(25)14(10)23)20(4)7-5-6-19(2,3)18(20)17(26)15(11)24/h9,18,21-23,25H,5-8H2,1-4H3/t9?,18-,20-/m1/s1. The lowest BCUT2D eigenvalue weighted by atomic mass is 9.49. The van der Waals surface area contributed by atoms with E-state index in [1.807, 2.05) is 20.8 Å². The van der Waals surface area contributed by atoms with Gasteiger partial charge in [-0.1, -0.05) is 34.1 Å². The molecule has 2 aliphatic rings. The van der Waals surface area contributed by atoms with Crippen LogP contribution in [0, 0.1) is 11.3 Å². The van der Waals surface area contributed by atoms with E-state index in [0.717, 1.165) is 12.8 Å². The van der Waals surface area contributed by atoms with Gasteiger partial charge in [-0.25, -0.2) is 0 Å². The van der Waals surface area contributed by atoms with Crippen LogP contribution in [0.5, 0.6) is 17.2 Å². The summed E-state index contributed by atoms with van der Waals surface area (Å²) < 4.78 is 0. The lowest BCUT2D eigenvalue weighted by molar-refractivity contribution is -0.128. The van der Waals surface area contributed by atoms with Crippen molar-refractivity contribution >= 4 is 11.6 Å². The molecule has 6 heteroatoms. The molecule has 0 aromatic heterocycles. The molecule has 0 radical (unpaired) electrons. The van der Waals surface area contributed by atoms with Crippen LogP contribution in [-0.2, 0) is 10.2 Å². The first-order valence-corrected chi connectivity index (χ1v) is 8.99. The van der Waals surface area contributed by atoms with E-state index in [1.165, 1.54) is 0 Å². The number of carbonyl (C=O) groups is 2. The monoisotopic (exact) mass is 362 g/mol. The number of aliphatic hydroxyl groups excluding tert-OH is 1. The fourth-order valence-electron chi connectivity index (χ4n) is 5.29. The molecule has 0 heterocycles. The second-order valence-corrected chi connectivity index (χ2v) is 8.68. The average Bonchev–Trinajstić information content (AvgIpc) is 2.55. The van der Waals surface area contributed by atoms with E-state index in [-0.39, 0.29) is 16.7 Å². The molecule has 26 heavy (non-hydrogen) atoms. The van der Waals surface area contributed by atoms with Gasteiger partial charge < -0.3 is 20.4 Å². The summed E-state index contributed by atoms with van der Waals surface area (Å²) in [6, 6.07) is 0. The van der Waals surface area contributed by atoms with Crippen molar-refractivity contribution in [1.82, 2.24) is 0 Å². The van der Waals surface area contributed by atoms with Gasteiger partial charge in [-0.05, 0) is 18.3 Å². The Balaban J connectivity index is 2.40. The molecule has 1 aromatic carbocycles. The Hall–Kier alpha value is -2.08. The fourth-order valence-corrected chi connectivity index (χ4v) is 5.29. The summed E-state index contributed by atoms with van der Waals surface area (Å²) in [7, 11) is 0. The third-order valence-corrected chi connectivity index (χ3v) is 6.44. The molecular weight excluding hydrogens is 336 g/mol. The number of aromatic hydroxyl groups is 3. The Morgan fingerprint density at radius 3 is 2.23 bits per heavy atom. The molecule has 3 rings (SSSR count). The third-order valence-electron chi connectivity index (χ3n) is 6.44. The van der Waals surface area contributed by atoms with E-state index < -0.39 is 58.1 Å². The van der Waals surface area contributed by atoms with Crippen LogP contribution in [-0.4, -0.2) is 38.6 Å². The van der Waals surface area contributed by atoms with Crippen molar-refractivity contribution in [2.75, 3.05) is 6.61 Å². The summed E-state index contributed by atoms with van der Waals surface area (Å²) >= 11 is 0. The molecule has 1 fully saturated rings. The molecule has 0 amide bonds. The maximum atomic E-state index is 13.0. The predicted octanol–water partition coefficient (Wildman–Crippen LogP) is 2.75. The Bertz CT molecular complexity index is 809. The summed E-state index contributed by atoms with van der Waals surface area (Å²) in [5, 5.41) is 41.4. The van der Waals surface area contributed by atoms with Crippen molar-refractivity contribution in [3.05, 3.63) is 16.7 Å². The lowest BCUT2D eigenvalue weighted by Gasteiger charge is -2.52. The number of phenolic OH excluding ortho intramolecular Hbond substituents is 3. The number of phenols is 3. The number of fused-ring (bicyclic) bond motifs is 3. The second kappa shape index (κ2) is 5.71. The SMILES string of the molecule is CC(CO)c1c(O)c(O)c2c(c1O)C(=O)C(=O)[C@@H]1C(C)(C)CCC[C@]21C. The van der Waals surface area contributed by atoms with Crippen molar-refractivity contribution in [3.63, 3.8) is 0 Å². The van der Waals surface area contributed by atoms with Gasteiger partial charge in [-0.15, -0.1) is 0 Å². The Labute approximate surface area is 152 Å². The molecule has 3 atom stereocenters. The van der Waals surface area contributed by atoms with Gasteiger partial charge in [0.05, 0.1) is 5.56 Å². The van der Waals surface area contributed by atoms with Gasteiger partial charge in [-0.3, -0.25) is 9.59 Å². The van der Waals surface area contributed by atoms with E-state index in [2.05, 4.69) is 0 Å². The Morgan fingerprint density at radius 2 is 1.65 bits per heavy atom. The molecular formula is C20H26O6. The van der Waals surface area contributed by atoms with Crippen molar-refractivity contribution in [2.24, 2.45) is 11.3 Å². The predicted molar refractivity (Wildman–Crippen MR) is 94.7 cm³/mol. The zero-order chi connectivity index (χ0) is 19.6. The second-order valence-electron chi connectivity index (χ2n) is 8.68. The maximum absolute atomic E-state index is 13.0. The van der Waals surface area contributed by atoms with E-state index in [1.54, 1.807) is 6.92 Å². The van der Waals surface area contributed by atoms with E-state index >= 15 is 0 Å². The zero-order valence-electron chi connectivity index (χ0n) is 15.6. The van der Waals surface area contributed by atoms with Crippen LogP contribution in [0.1, 0.15) is 74.4 Å². The lowest BCUT2D eigenvalue weighted by Crippen LogP contribution is -2.54. The number of hydrogen-bond acceptors (Lipinski definition) is 6. The molecule has 0 spiro atoms. The highest BCUT2D eigenvalue weighted by molar-refractivity contribution is 6.47. The van der Waals surface area contributed by atoms with Crippen LogP contribution in [0.15, 0.2) is 0 Å². The molecule has 0 aliphatic heterocycles. The van der Waals surface area contributed by atoms with E-state index in [4.69, 9.17) is 0 Å². The molecule has 1 unspecified atom stereocenters. The topological polar surface area (TPSA) is 115 Å². The number of carbonyl (C=O) groups excluding carboxylic acids is 2. The van der Waals surface area contributed by atoms with Crippen LogP contribution in [0.4, 0.5) is 0 Å². The average molecular weight is 362 g/mol. The summed E-state index contributed by atoms with van der Waals surface area (Å²) in [4.78, 5) is 25.9. The number of Topliss-reactive ketones (excluding diaryl/α,β-unsaturated/α-hetero) is 2. The van der Waals surface area contributed by atoms with Gasteiger partial charge in [-0.2, -0.15) is 0 Å². The molecule has 1 aromatic rings. The first-order chi connectivity index (χ1) is 12.0. The maximum Gasteiger partial charge on any atom is 0.233 e. The van der Waals surface area contributed by atoms with Gasteiger partial charge in [0.25, 0.3) is 0 Å². The minimum atomic E-state index is -0.859. The van der Waals surface area contributed by atoms with E-state index in [9.17, 15) is 30.0 Å². The van der Waals surface area contributed by atoms with Gasteiger partial charge in [0, 0.05) is 35.0 Å². The minimum absolute atomic E-state index is 0.109. The molecule has 4 N–H and O–H groups in total. The third kappa shape index (κ3) is 2.21. The molecule has 1 saturated carbocycles. The molecule has 142 valence electrons. The largest absolute Gasteiger partial charge is 0.507 e. The van der Waals surface area contributed by atoms with E-state index in [0.29, 0.717) is 6.42 Å². The Kier molecular flexibility index (Phi) is 4.11. The highest BCUT2D eigenvalue weighted by Crippen LogP contribution is 2.61.